The number of rotatable bonds is 3. The third-order valence-electron chi connectivity index (χ3n) is 3.28. The van der Waals surface area contributed by atoms with Crippen LogP contribution < -0.4 is 5.56 Å². The van der Waals surface area contributed by atoms with Gasteiger partial charge in [-0.2, -0.15) is 0 Å². The summed E-state index contributed by atoms with van der Waals surface area (Å²) in [4.78, 5) is 19.5. The standard InChI is InChI=1S/C15H17IN2O/c1-4-6-12-13(16)15(19)18-14(17-12)11-8-5-7-9(2)10(11)3/h5,7-8H,4,6H2,1-3H3,(H,17,18,19). The van der Waals surface area contributed by atoms with Gasteiger partial charge in [-0.25, -0.2) is 4.98 Å². The van der Waals surface area contributed by atoms with Crippen LogP contribution in [0.25, 0.3) is 11.4 Å². The number of H-pyrrole nitrogens is 1. The molecule has 0 saturated heterocycles. The van der Waals surface area contributed by atoms with Crippen LogP contribution >= 0.6 is 22.6 Å². The summed E-state index contributed by atoms with van der Waals surface area (Å²) in [6.07, 6.45) is 1.82. The Morgan fingerprint density at radius 1 is 1.32 bits per heavy atom. The fourth-order valence-corrected chi connectivity index (χ4v) is 2.57. The molecule has 0 atom stereocenters. The largest absolute Gasteiger partial charge is 0.306 e. The van der Waals surface area contributed by atoms with Crippen molar-refractivity contribution in [1.29, 1.82) is 0 Å². The number of nitrogens with one attached hydrogen (secondary N) is 1. The number of nitrogens with zero attached hydrogens (tertiary/aromatic N) is 1. The van der Waals surface area contributed by atoms with E-state index in [2.05, 4.69) is 59.4 Å². The zero-order chi connectivity index (χ0) is 14.0. The van der Waals surface area contributed by atoms with Crippen molar-refractivity contribution < 1.29 is 0 Å². The predicted octanol–water partition coefficient (Wildman–Crippen LogP) is 3.61. The van der Waals surface area contributed by atoms with Gasteiger partial charge in [0.1, 0.15) is 5.82 Å². The third-order valence-corrected chi connectivity index (χ3v) is 4.39. The fraction of sp³-hybridized carbons (Fsp3) is 0.333. The van der Waals surface area contributed by atoms with E-state index in [4.69, 9.17) is 0 Å². The van der Waals surface area contributed by atoms with E-state index in [0.717, 1.165) is 29.7 Å². The number of benzene rings is 1. The van der Waals surface area contributed by atoms with Gasteiger partial charge in [0.2, 0.25) is 0 Å². The molecule has 0 unspecified atom stereocenters. The van der Waals surface area contributed by atoms with Crippen LogP contribution in [0, 0.1) is 17.4 Å². The molecule has 2 aromatic rings. The van der Waals surface area contributed by atoms with Crippen molar-refractivity contribution in [3.63, 3.8) is 0 Å². The molecule has 19 heavy (non-hydrogen) atoms. The minimum absolute atomic E-state index is 0.0463. The van der Waals surface area contributed by atoms with Crippen LogP contribution in [0.15, 0.2) is 23.0 Å². The molecule has 2 rings (SSSR count). The molecular weight excluding hydrogens is 351 g/mol. The second kappa shape index (κ2) is 5.86. The van der Waals surface area contributed by atoms with Crippen molar-refractivity contribution in [3.8, 4) is 11.4 Å². The number of aromatic amines is 1. The summed E-state index contributed by atoms with van der Waals surface area (Å²) in [5, 5.41) is 0. The molecule has 1 aromatic heterocycles. The fourth-order valence-electron chi connectivity index (χ4n) is 2.04. The van der Waals surface area contributed by atoms with E-state index < -0.39 is 0 Å². The summed E-state index contributed by atoms with van der Waals surface area (Å²) in [6.45, 7) is 6.22. The molecule has 0 amide bonds. The van der Waals surface area contributed by atoms with Crippen LogP contribution in [0.3, 0.4) is 0 Å². The summed E-state index contributed by atoms with van der Waals surface area (Å²) in [5.41, 5.74) is 4.22. The number of hydrogen-bond acceptors (Lipinski definition) is 2. The summed E-state index contributed by atoms with van der Waals surface area (Å²) in [6, 6.07) is 6.06. The van der Waals surface area contributed by atoms with E-state index in [0.29, 0.717) is 9.39 Å². The van der Waals surface area contributed by atoms with Gasteiger partial charge < -0.3 is 4.98 Å². The second-order valence-corrected chi connectivity index (χ2v) is 5.75. The Balaban J connectivity index is 2.63. The molecule has 4 heteroatoms. The van der Waals surface area contributed by atoms with Crippen LogP contribution in [0.5, 0.6) is 0 Å². The first-order chi connectivity index (χ1) is 9.04. The molecule has 0 bridgehead atoms. The van der Waals surface area contributed by atoms with E-state index in [1.54, 1.807) is 0 Å². The monoisotopic (exact) mass is 368 g/mol. The van der Waals surface area contributed by atoms with Crippen LogP contribution in [0.1, 0.15) is 30.2 Å². The molecular formula is C15H17IN2O. The normalized spacial score (nSPS) is 10.7. The molecule has 1 aromatic carbocycles. The first-order valence-corrected chi connectivity index (χ1v) is 7.47. The zero-order valence-electron chi connectivity index (χ0n) is 11.4. The Labute approximate surface area is 126 Å². The van der Waals surface area contributed by atoms with Crippen LogP contribution in [-0.2, 0) is 6.42 Å². The highest BCUT2D eigenvalue weighted by atomic mass is 127. The number of halogens is 1. The lowest BCUT2D eigenvalue weighted by Gasteiger charge is -2.10. The summed E-state index contributed by atoms with van der Waals surface area (Å²) in [5.74, 6) is 0.676. The average Bonchev–Trinajstić information content (AvgIpc) is 2.38. The summed E-state index contributed by atoms with van der Waals surface area (Å²) >= 11 is 2.07. The lowest BCUT2D eigenvalue weighted by atomic mass is 10.0. The highest BCUT2D eigenvalue weighted by molar-refractivity contribution is 14.1. The number of hydrogen-bond donors (Lipinski definition) is 1. The molecule has 1 heterocycles. The maximum Gasteiger partial charge on any atom is 0.264 e. The molecule has 0 saturated carbocycles. The van der Waals surface area contributed by atoms with Gasteiger partial charge in [-0.15, -0.1) is 0 Å². The highest BCUT2D eigenvalue weighted by Gasteiger charge is 2.11. The highest BCUT2D eigenvalue weighted by Crippen LogP contribution is 2.22. The van der Waals surface area contributed by atoms with Crippen LogP contribution in [0.2, 0.25) is 0 Å². The van der Waals surface area contributed by atoms with Crippen molar-refractivity contribution in [2.75, 3.05) is 0 Å². The quantitative estimate of drug-likeness (QED) is 0.842. The average molecular weight is 368 g/mol. The Kier molecular flexibility index (Phi) is 4.39. The Morgan fingerprint density at radius 2 is 2.05 bits per heavy atom. The van der Waals surface area contributed by atoms with Crippen molar-refractivity contribution in [2.24, 2.45) is 0 Å². The Bertz CT molecular complexity index is 662. The van der Waals surface area contributed by atoms with Crippen molar-refractivity contribution >= 4 is 22.6 Å². The number of aromatic nitrogens is 2. The Hall–Kier alpha value is -1.17. The van der Waals surface area contributed by atoms with Crippen molar-refractivity contribution in [1.82, 2.24) is 9.97 Å². The molecule has 100 valence electrons. The lowest BCUT2D eigenvalue weighted by Crippen LogP contribution is -2.16. The maximum absolute atomic E-state index is 12.0. The maximum atomic E-state index is 12.0. The van der Waals surface area contributed by atoms with Gasteiger partial charge in [-0.1, -0.05) is 31.5 Å². The van der Waals surface area contributed by atoms with Gasteiger partial charge in [0.25, 0.3) is 5.56 Å². The molecule has 3 nitrogen and oxygen atoms in total. The molecule has 0 aliphatic rings. The minimum Gasteiger partial charge on any atom is -0.306 e. The summed E-state index contributed by atoms with van der Waals surface area (Å²) in [7, 11) is 0. The number of aryl methyl sites for hydroxylation is 2. The molecule has 1 N–H and O–H groups in total. The first kappa shape index (κ1) is 14.2. The smallest absolute Gasteiger partial charge is 0.264 e. The summed E-state index contributed by atoms with van der Waals surface area (Å²) < 4.78 is 0.702. The van der Waals surface area contributed by atoms with Crippen LogP contribution in [0.4, 0.5) is 0 Å². The van der Waals surface area contributed by atoms with Crippen molar-refractivity contribution in [2.45, 2.75) is 33.6 Å². The van der Waals surface area contributed by atoms with E-state index in [-0.39, 0.29) is 5.56 Å². The zero-order valence-corrected chi connectivity index (χ0v) is 13.5. The molecule has 0 radical (unpaired) electrons. The Morgan fingerprint density at radius 3 is 2.74 bits per heavy atom. The van der Waals surface area contributed by atoms with Gasteiger partial charge >= 0.3 is 0 Å². The third kappa shape index (κ3) is 2.88. The van der Waals surface area contributed by atoms with E-state index >= 15 is 0 Å². The molecule has 0 spiro atoms. The topological polar surface area (TPSA) is 45.8 Å². The van der Waals surface area contributed by atoms with E-state index in [9.17, 15) is 4.79 Å². The van der Waals surface area contributed by atoms with E-state index in [1.165, 1.54) is 5.56 Å². The van der Waals surface area contributed by atoms with Gasteiger partial charge in [-0.3, -0.25) is 4.79 Å². The van der Waals surface area contributed by atoms with Gasteiger partial charge in [-0.05, 0) is 54.0 Å². The van der Waals surface area contributed by atoms with Gasteiger partial charge in [0, 0.05) is 5.56 Å². The van der Waals surface area contributed by atoms with Crippen LogP contribution in [-0.4, -0.2) is 9.97 Å². The molecule has 0 aliphatic heterocycles. The lowest BCUT2D eigenvalue weighted by molar-refractivity contribution is 0.860. The van der Waals surface area contributed by atoms with Gasteiger partial charge in [0.05, 0.1) is 9.26 Å². The first-order valence-electron chi connectivity index (χ1n) is 6.39. The second-order valence-electron chi connectivity index (χ2n) is 4.67. The SMILES string of the molecule is CCCc1nc(-c2cccc(C)c2C)[nH]c(=O)c1I. The van der Waals surface area contributed by atoms with Gasteiger partial charge in [0.15, 0.2) is 0 Å². The van der Waals surface area contributed by atoms with E-state index in [1.807, 2.05) is 12.1 Å². The van der Waals surface area contributed by atoms with Crippen molar-refractivity contribution in [3.05, 3.63) is 48.9 Å². The minimum atomic E-state index is -0.0463. The molecule has 0 aliphatic carbocycles. The molecule has 0 fully saturated rings. The predicted molar refractivity (Wildman–Crippen MR) is 86.5 cm³/mol.